The summed E-state index contributed by atoms with van der Waals surface area (Å²) in [6.45, 7) is 0. The van der Waals surface area contributed by atoms with Crippen molar-refractivity contribution in [3.63, 3.8) is 0 Å². The van der Waals surface area contributed by atoms with Crippen molar-refractivity contribution in [1.82, 2.24) is 0 Å². The van der Waals surface area contributed by atoms with Crippen molar-refractivity contribution in [2.24, 2.45) is 5.92 Å². The summed E-state index contributed by atoms with van der Waals surface area (Å²) in [5.74, 6) is 0.553. The van der Waals surface area contributed by atoms with Crippen LogP contribution in [-0.4, -0.2) is 0 Å². The van der Waals surface area contributed by atoms with E-state index in [2.05, 4.69) is 29.6 Å². The van der Waals surface area contributed by atoms with Crippen LogP contribution in [0.25, 0.3) is 0 Å². The molecule has 1 aliphatic carbocycles. The molecule has 21 heavy (non-hydrogen) atoms. The Morgan fingerprint density at radius 1 is 1.10 bits per heavy atom. The molecule has 1 N–H and O–H groups in total. The molecule has 0 saturated carbocycles. The van der Waals surface area contributed by atoms with Crippen molar-refractivity contribution in [2.45, 2.75) is 18.4 Å². The molecule has 1 aliphatic heterocycles. The predicted molar refractivity (Wildman–Crippen MR) is 84.2 cm³/mol. The zero-order valence-corrected chi connectivity index (χ0v) is 12.1. The topological polar surface area (TPSA) is 12.0 Å². The average molecular weight is 300 g/mol. The number of rotatable bonds is 1. The van der Waals surface area contributed by atoms with Gasteiger partial charge in [-0.2, -0.15) is 0 Å². The Hall–Kier alpha value is -1.80. The standard InChI is InChI=1S/C18H15ClFN/c19-12-6-4-11(5-7-12)18-15-3-1-2-14(15)16-10-13(20)8-9-17(16)21-18/h1-2,4-10,14-15,18,21H,3H2/t14-,15-,18-/m0/s1. The number of hydrogen-bond acceptors (Lipinski definition) is 1. The van der Waals surface area contributed by atoms with Gasteiger partial charge in [0.15, 0.2) is 0 Å². The molecule has 1 heterocycles. The first-order chi connectivity index (χ1) is 10.2. The SMILES string of the molecule is Fc1ccc2c(c1)[C@H]1C=CC[C@@H]1[C@H](c1ccc(Cl)cc1)N2. The lowest BCUT2D eigenvalue weighted by molar-refractivity contribution is 0.424. The quantitative estimate of drug-likeness (QED) is 0.704. The number of fused-ring (bicyclic) bond motifs is 3. The van der Waals surface area contributed by atoms with Crippen molar-refractivity contribution in [2.75, 3.05) is 5.32 Å². The minimum absolute atomic E-state index is 0.167. The molecule has 0 aromatic heterocycles. The zero-order chi connectivity index (χ0) is 14.4. The van der Waals surface area contributed by atoms with Gasteiger partial charge in [0.05, 0.1) is 6.04 Å². The van der Waals surface area contributed by atoms with Gasteiger partial charge in [-0.3, -0.25) is 0 Å². The number of allylic oxidation sites excluding steroid dienone is 2. The fourth-order valence-electron chi connectivity index (χ4n) is 3.57. The second-order valence-corrected chi connectivity index (χ2v) is 6.20. The molecule has 1 nitrogen and oxygen atoms in total. The van der Waals surface area contributed by atoms with Crippen molar-refractivity contribution in [3.05, 3.63) is 76.6 Å². The van der Waals surface area contributed by atoms with Gasteiger partial charge in [-0.1, -0.05) is 35.9 Å². The highest BCUT2D eigenvalue weighted by molar-refractivity contribution is 6.30. The van der Waals surface area contributed by atoms with Crippen molar-refractivity contribution in [1.29, 1.82) is 0 Å². The summed E-state index contributed by atoms with van der Waals surface area (Å²) in [6, 6.07) is 13.3. The van der Waals surface area contributed by atoms with E-state index in [1.165, 1.54) is 11.6 Å². The van der Waals surface area contributed by atoms with E-state index < -0.39 is 0 Å². The van der Waals surface area contributed by atoms with E-state index in [4.69, 9.17) is 11.6 Å². The third kappa shape index (κ3) is 2.14. The summed E-state index contributed by atoms with van der Waals surface area (Å²) in [5, 5.41) is 4.33. The molecule has 3 heteroatoms. The average Bonchev–Trinajstić information content (AvgIpc) is 2.97. The van der Waals surface area contributed by atoms with Crippen LogP contribution in [0.15, 0.2) is 54.6 Å². The summed E-state index contributed by atoms with van der Waals surface area (Å²) < 4.78 is 13.5. The van der Waals surface area contributed by atoms with E-state index in [0.717, 1.165) is 22.7 Å². The minimum atomic E-state index is -0.167. The number of nitrogens with one attached hydrogen (secondary N) is 1. The van der Waals surface area contributed by atoms with Crippen LogP contribution in [0.2, 0.25) is 5.02 Å². The minimum Gasteiger partial charge on any atom is -0.378 e. The van der Waals surface area contributed by atoms with E-state index in [0.29, 0.717) is 5.92 Å². The van der Waals surface area contributed by atoms with Gasteiger partial charge in [0.2, 0.25) is 0 Å². The molecule has 0 amide bonds. The lowest BCUT2D eigenvalue weighted by atomic mass is 9.77. The number of benzene rings is 2. The second kappa shape index (κ2) is 4.88. The molecule has 0 fully saturated rings. The van der Waals surface area contributed by atoms with Crippen molar-refractivity contribution < 1.29 is 4.39 Å². The first-order valence-electron chi connectivity index (χ1n) is 7.20. The summed E-state index contributed by atoms with van der Waals surface area (Å²) >= 11 is 5.99. The van der Waals surface area contributed by atoms with E-state index in [1.54, 1.807) is 6.07 Å². The van der Waals surface area contributed by atoms with Gasteiger partial charge in [-0.25, -0.2) is 4.39 Å². The Balaban J connectivity index is 1.78. The number of hydrogen-bond donors (Lipinski definition) is 1. The van der Waals surface area contributed by atoms with Gasteiger partial charge >= 0.3 is 0 Å². The van der Waals surface area contributed by atoms with Gasteiger partial charge in [-0.15, -0.1) is 0 Å². The molecule has 2 aliphatic rings. The predicted octanol–water partition coefficient (Wildman–Crippen LogP) is 5.31. The third-order valence-corrected chi connectivity index (χ3v) is 4.81. The molecule has 0 saturated heterocycles. The Labute approximate surface area is 128 Å². The fourth-order valence-corrected chi connectivity index (χ4v) is 3.69. The molecule has 0 spiro atoms. The second-order valence-electron chi connectivity index (χ2n) is 5.76. The molecular weight excluding hydrogens is 285 g/mol. The molecule has 4 rings (SSSR count). The van der Waals surface area contributed by atoms with Crippen LogP contribution in [-0.2, 0) is 0 Å². The van der Waals surface area contributed by atoms with Crippen LogP contribution in [0, 0.1) is 11.7 Å². The largest absolute Gasteiger partial charge is 0.378 e. The highest BCUT2D eigenvalue weighted by Gasteiger charge is 2.37. The molecule has 3 atom stereocenters. The van der Waals surface area contributed by atoms with E-state index in [9.17, 15) is 4.39 Å². The van der Waals surface area contributed by atoms with E-state index in [-0.39, 0.29) is 17.8 Å². The molecule has 2 aromatic carbocycles. The molecule has 106 valence electrons. The van der Waals surface area contributed by atoms with Crippen LogP contribution in [0.5, 0.6) is 0 Å². The Morgan fingerprint density at radius 2 is 1.90 bits per heavy atom. The molecule has 2 aromatic rings. The van der Waals surface area contributed by atoms with E-state index in [1.807, 2.05) is 18.2 Å². The van der Waals surface area contributed by atoms with Gasteiger partial charge in [-0.05, 0) is 53.8 Å². The van der Waals surface area contributed by atoms with Crippen LogP contribution < -0.4 is 5.32 Å². The monoisotopic (exact) mass is 299 g/mol. The fraction of sp³-hybridized carbons (Fsp3) is 0.222. The smallest absolute Gasteiger partial charge is 0.123 e. The Bertz CT molecular complexity index is 708. The number of anilines is 1. The highest BCUT2D eigenvalue weighted by Crippen LogP contribution is 2.49. The number of halogens is 2. The summed E-state index contributed by atoms with van der Waals surface area (Å²) in [6.07, 6.45) is 5.44. The molecule has 0 radical (unpaired) electrons. The van der Waals surface area contributed by atoms with Gasteiger partial charge in [0.25, 0.3) is 0 Å². The summed E-state index contributed by atoms with van der Waals surface area (Å²) in [7, 11) is 0. The van der Waals surface area contributed by atoms with Crippen LogP contribution in [0.1, 0.15) is 29.5 Å². The maximum Gasteiger partial charge on any atom is 0.123 e. The van der Waals surface area contributed by atoms with Crippen molar-refractivity contribution in [3.8, 4) is 0 Å². The van der Waals surface area contributed by atoms with E-state index >= 15 is 0 Å². The van der Waals surface area contributed by atoms with Crippen LogP contribution in [0.3, 0.4) is 0 Å². The summed E-state index contributed by atoms with van der Waals surface area (Å²) in [4.78, 5) is 0. The normalized spacial score (nSPS) is 26.1. The zero-order valence-electron chi connectivity index (χ0n) is 11.4. The lowest BCUT2D eigenvalue weighted by Gasteiger charge is -2.37. The Morgan fingerprint density at radius 3 is 2.71 bits per heavy atom. The Kier molecular flexibility index (Phi) is 3.00. The molecular formula is C18H15ClFN. The maximum absolute atomic E-state index is 13.5. The lowest BCUT2D eigenvalue weighted by Crippen LogP contribution is -2.29. The van der Waals surface area contributed by atoms with Crippen molar-refractivity contribution >= 4 is 17.3 Å². The van der Waals surface area contributed by atoms with Gasteiger partial charge in [0.1, 0.15) is 5.82 Å². The van der Waals surface area contributed by atoms with Crippen LogP contribution >= 0.6 is 11.6 Å². The highest BCUT2D eigenvalue weighted by atomic mass is 35.5. The summed E-state index contributed by atoms with van der Waals surface area (Å²) in [5.41, 5.74) is 3.33. The van der Waals surface area contributed by atoms with Gasteiger partial charge < -0.3 is 5.32 Å². The van der Waals surface area contributed by atoms with Gasteiger partial charge in [0, 0.05) is 16.6 Å². The molecule has 0 unspecified atom stereocenters. The maximum atomic E-state index is 13.5. The third-order valence-electron chi connectivity index (χ3n) is 4.55. The first-order valence-corrected chi connectivity index (χ1v) is 7.58. The van der Waals surface area contributed by atoms with Crippen LogP contribution in [0.4, 0.5) is 10.1 Å². The molecule has 0 bridgehead atoms. The first kappa shape index (κ1) is 12.9.